The van der Waals surface area contributed by atoms with Crippen LogP contribution in [0.3, 0.4) is 0 Å². The van der Waals surface area contributed by atoms with Gasteiger partial charge < -0.3 is 20.8 Å². The van der Waals surface area contributed by atoms with E-state index >= 15 is 0 Å². The van der Waals surface area contributed by atoms with Gasteiger partial charge in [0.1, 0.15) is 0 Å². The Morgan fingerprint density at radius 1 is 0.857 bits per heavy atom. The van der Waals surface area contributed by atoms with Crippen molar-refractivity contribution in [2.75, 3.05) is 16.4 Å². The van der Waals surface area contributed by atoms with Crippen LogP contribution < -0.4 is 10.6 Å². The number of benzene rings is 3. The van der Waals surface area contributed by atoms with Gasteiger partial charge in [0.05, 0.1) is 32.7 Å². The molecule has 0 atom stereocenters. The molecular formula is C24H17N3O6S2. The summed E-state index contributed by atoms with van der Waals surface area (Å²) in [5, 5.41) is 24.3. The molecule has 2 amide bonds. The lowest BCUT2D eigenvalue weighted by molar-refractivity contribution is -0.113. The largest absolute Gasteiger partial charge is 0.478 e. The number of carboxylic acid groups (broad SMARTS) is 2. The molecule has 0 aliphatic heterocycles. The Kier molecular flexibility index (Phi) is 7.09. The summed E-state index contributed by atoms with van der Waals surface area (Å²) in [4.78, 5) is 52.6. The van der Waals surface area contributed by atoms with Crippen LogP contribution in [0, 0.1) is 0 Å². The van der Waals surface area contributed by atoms with Gasteiger partial charge in [-0.1, -0.05) is 23.5 Å². The molecular weight excluding hydrogens is 490 g/mol. The van der Waals surface area contributed by atoms with Crippen molar-refractivity contribution >= 4 is 67.9 Å². The molecule has 1 heterocycles. The van der Waals surface area contributed by atoms with E-state index in [-0.39, 0.29) is 22.8 Å². The fraction of sp³-hybridized carbons (Fsp3) is 0.0417. The molecule has 0 bridgehead atoms. The molecule has 4 rings (SSSR count). The van der Waals surface area contributed by atoms with E-state index in [9.17, 15) is 24.3 Å². The lowest BCUT2D eigenvalue weighted by atomic mass is 10.0. The zero-order valence-electron chi connectivity index (χ0n) is 17.8. The number of hydrogen-bond acceptors (Lipinski definition) is 7. The van der Waals surface area contributed by atoms with Crippen molar-refractivity contribution in [2.45, 2.75) is 4.90 Å². The molecule has 0 saturated heterocycles. The Morgan fingerprint density at radius 2 is 1.60 bits per heavy atom. The molecule has 0 aliphatic rings. The number of anilines is 2. The summed E-state index contributed by atoms with van der Waals surface area (Å²) in [7, 11) is 0. The number of carboxylic acids is 2. The maximum Gasteiger partial charge on any atom is 0.336 e. The zero-order valence-corrected chi connectivity index (χ0v) is 19.5. The van der Waals surface area contributed by atoms with Crippen LogP contribution in [-0.2, 0) is 4.79 Å². The van der Waals surface area contributed by atoms with E-state index < -0.39 is 23.4 Å². The molecule has 1 aromatic heterocycles. The number of rotatable bonds is 8. The molecule has 11 heteroatoms. The van der Waals surface area contributed by atoms with Gasteiger partial charge in [-0.2, -0.15) is 0 Å². The minimum Gasteiger partial charge on any atom is -0.478 e. The summed E-state index contributed by atoms with van der Waals surface area (Å²) >= 11 is 2.71. The van der Waals surface area contributed by atoms with Gasteiger partial charge >= 0.3 is 11.9 Å². The van der Waals surface area contributed by atoms with Crippen molar-refractivity contribution in [3.05, 3.63) is 83.4 Å². The normalized spacial score (nSPS) is 10.6. The van der Waals surface area contributed by atoms with Gasteiger partial charge in [0.15, 0.2) is 5.13 Å². The molecule has 9 nitrogen and oxygen atoms in total. The summed E-state index contributed by atoms with van der Waals surface area (Å²) in [6.07, 6.45) is 0. The Balaban J connectivity index is 1.35. The van der Waals surface area contributed by atoms with Crippen molar-refractivity contribution in [3.8, 4) is 0 Å². The number of thioether (sulfide) groups is 1. The van der Waals surface area contributed by atoms with Crippen LogP contribution in [-0.4, -0.2) is 44.7 Å². The van der Waals surface area contributed by atoms with Crippen LogP contribution in [0.25, 0.3) is 10.2 Å². The number of carbonyl (C=O) groups is 4. The monoisotopic (exact) mass is 507 g/mol. The van der Waals surface area contributed by atoms with E-state index in [0.717, 1.165) is 27.2 Å². The van der Waals surface area contributed by atoms with Crippen molar-refractivity contribution in [2.24, 2.45) is 0 Å². The second-order valence-corrected chi connectivity index (χ2v) is 9.25. The molecule has 0 saturated carbocycles. The van der Waals surface area contributed by atoms with Gasteiger partial charge in [-0.3, -0.25) is 9.59 Å². The van der Waals surface area contributed by atoms with Crippen molar-refractivity contribution in [3.63, 3.8) is 0 Å². The molecule has 0 radical (unpaired) electrons. The highest BCUT2D eigenvalue weighted by Gasteiger charge is 2.19. The first-order valence-electron chi connectivity index (χ1n) is 10.1. The SMILES string of the molecule is O=C(CSc1ccc(NC(=O)c2ccc(C(=O)O)cc2C(=O)O)cc1)Nc1nc2ccccc2s1. The van der Waals surface area contributed by atoms with Crippen molar-refractivity contribution in [1.82, 2.24) is 4.98 Å². The van der Waals surface area contributed by atoms with E-state index in [1.165, 1.54) is 29.2 Å². The number of para-hydroxylation sites is 1. The molecule has 0 aliphatic carbocycles. The number of hydrogen-bond donors (Lipinski definition) is 4. The lowest BCUT2D eigenvalue weighted by Crippen LogP contribution is -2.17. The smallest absolute Gasteiger partial charge is 0.336 e. The Bertz CT molecular complexity index is 1420. The van der Waals surface area contributed by atoms with E-state index in [4.69, 9.17) is 5.11 Å². The van der Waals surface area contributed by atoms with Crippen molar-refractivity contribution < 1.29 is 29.4 Å². The van der Waals surface area contributed by atoms with Gasteiger partial charge in [-0.25, -0.2) is 14.6 Å². The van der Waals surface area contributed by atoms with E-state index in [2.05, 4.69) is 15.6 Å². The number of aromatic nitrogens is 1. The van der Waals surface area contributed by atoms with Crippen LogP contribution in [0.4, 0.5) is 10.8 Å². The fourth-order valence-corrected chi connectivity index (χ4v) is 4.70. The van der Waals surface area contributed by atoms with Gasteiger partial charge in [0.2, 0.25) is 5.91 Å². The molecule has 4 aromatic rings. The first kappa shape index (κ1) is 23.9. The second kappa shape index (κ2) is 10.4. The van der Waals surface area contributed by atoms with E-state index in [0.29, 0.717) is 10.8 Å². The minimum absolute atomic E-state index is 0.160. The number of amides is 2. The quantitative estimate of drug-likeness (QED) is 0.252. The highest BCUT2D eigenvalue weighted by molar-refractivity contribution is 8.00. The van der Waals surface area contributed by atoms with E-state index in [1.807, 2.05) is 24.3 Å². The lowest BCUT2D eigenvalue weighted by Gasteiger charge is -2.09. The summed E-state index contributed by atoms with van der Waals surface area (Å²) in [6.45, 7) is 0. The van der Waals surface area contributed by atoms with Crippen LogP contribution in [0.1, 0.15) is 31.1 Å². The number of carbonyl (C=O) groups excluding carboxylic acids is 2. The minimum atomic E-state index is -1.41. The predicted octanol–water partition coefficient (Wildman–Crippen LogP) is 4.68. The molecule has 0 spiro atoms. The third-order valence-electron chi connectivity index (χ3n) is 4.76. The highest BCUT2D eigenvalue weighted by Crippen LogP contribution is 2.26. The molecule has 176 valence electrons. The number of nitrogens with one attached hydrogen (secondary N) is 2. The Hall–Kier alpha value is -4.22. The van der Waals surface area contributed by atoms with Gasteiger partial charge in [-0.05, 0) is 54.6 Å². The summed E-state index contributed by atoms with van der Waals surface area (Å²) < 4.78 is 0.987. The molecule has 35 heavy (non-hydrogen) atoms. The van der Waals surface area contributed by atoms with Crippen LogP contribution >= 0.6 is 23.1 Å². The molecule has 3 aromatic carbocycles. The number of nitrogens with zero attached hydrogens (tertiary/aromatic N) is 1. The zero-order chi connectivity index (χ0) is 24.9. The third-order valence-corrected chi connectivity index (χ3v) is 6.73. The van der Waals surface area contributed by atoms with Crippen LogP contribution in [0.2, 0.25) is 0 Å². The number of thiazole rings is 1. The molecule has 0 fully saturated rings. The maximum absolute atomic E-state index is 12.6. The second-order valence-electron chi connectivity index (χ2n) is 7.17. The van der Waals surface area contributed by atoms with Crippen LogP contribution in [0.5, 0.6) is 0 Å². The van der Waals surface area contributed by atoms with Gasteiger partial charge in [-0.15, -0.1) is 11.8 Å². The molecule has 0 unspecified atom stereocenters. The van der Waals surface area contributed by atoms with E-state index in [1.54, 1.807) is 24.3 Å². The first-order chi connectivity index (χ1) is 16.8. The van der Waals surface area contributed by atoms with Gasteiger partial charge in [0.25, 0.3) is 5.91 Å². The van der Waals surface area contributed by atoms with Crippen molar-refractivity contribution in [1.29, 1.82) is 0 Å². The molecule has 4 N–H and O–H groups in total. The predicted molar refractivity (Wildman–Crippen MR) is 134 cm³/mol. The average Bonchev–Trinajstić information content (AvgIpc) is 3.25. The summed E-state index contributed by atoms with van der Waals surface area (Å²) in [5.74, 6) is -3.41. The standard InChI is InChI=1S/C24H17N3O6S2/c28-20(27-24-26-18-3-1-2-4-19(18)35-24)12-34-15-8-6-14(7-9-15)25-21(29)16-10-5-13(22(30)31)11-17(16)23(32)33/h1-11H,12H2,(H,25,29)(H,30,31)(H,32,33)(H,26,27,28). The average molecular weight is 508 g/mol. The van der Waals surface area contributed by atoms with Gasteiger partial charge in [0, 0.05) is 10.6 Å². The topological polar surface area (TPSA) is 146 Å². The number of aromatic carboxylic acids is 2. The Labute approximate surface area is 206 Å². The third kappa shape index (κ3) is 5.83. The summed E-state index contributed by atoms with van der Waals surface area (Å²) in [5.41, 5.74) is 0.442. The highest BCUT2D eigenvalue weighted by atomic mass is 32.2. The summed E-state index contributed by atoms with van der Waals surface area (Å²) in [6, 6.07) is 17.6. The Morgan fingerprint density at radius 3 is 2.29 bits per heavy atom. The maximum atomic E-state index is 12.6. The van der Waals surface area contributed by atoms with Crippen LogP contribution in [0.15, 0.2) is 71.6 Å². The first-order valence-corrected chi connectivity index (χ1v) is 11.9. The fourth-order valence-electron chi connectivity index (χ4n) is 3.12. The number of fused-ring (bicyclic) bond motifs is 1.